The van der Waals surface area contributed by atoms with Crippen molar-refractivity contribution in [1.82, 2.24) is 0 Å². The van der Waals surface area contributed by atoms with Crippen LogP contribution < -0.4 is 0 Å². The normalized spacial score (nSPS) is 25.2. The summed E-state index contributed by atoms with van der Waals surface area (Å²) >= 11 is 1.61. The van der Waals surface area contributed by atoms with Gasteiger partial charge in [-0.25, -0.2) is 0 Å². The molecule has 2 atom stereocenters. The molecule has 13 heavy (non-hydrogen) atoms. The molecule has 0 saturated heterocycles. The van der Waals surface area contributed by atoms with Crippen LogP contribution in [0.5, 0.6) is 0 Å². The van der Waals surface area contributed by atoms with Crippen LogP contribution in [0.15, 0.2) is 12.2 Å². The van der Waals surface area contributed by atoms with Gasteiger partial charge in [0.25, 0.3) is 0 Å². The molecule has 0 amide bonds. The molecule has 0 fully saturated rings. The molecular formula is C9H17ClO2Pt. The van der Waals surface area contributed by atoms with Crippen molar-refractivity contribution >= 4 is 9.42 Å². The van der Waals surface area contributed by atoms with Crippen LogP contribution in [-0.4, -0.2) is 25.4 Å². The Bertz CT molecular complexity index is 120. The molecule has 1 rings (SSSR count). The van der Waals surface area contributed by atoms with E-state index in [9.17, 15) is 0 Å². The Morgan fingerprint density at radius 2 is 2.08 bits per heavy atom. The predicted octanol–water partition coefficient (Wildman–Crippen LogP) is 2.10. The Kier molecular flexibility index (Phi) is 15.6. The molecule has 2 nitrogen and oxygen atoms in total. The summed E-state index contributed by atoms with van der Waals surface area (Å²) in [7, 11) is 7.35. The number of allylic oxidation sites excluding steroid dienone is 1. The topological polar surface area (TPSA) is 29.5 Å². The SMILES string of the molecule is CO.[CH2-][C@H]1CCC=C[C@@H]1OC.[Cl][Pt+]. The summed E-state index contributed by atoms with van der Waals surface area (Å²) in [5.74, 6) is 0.458. The Hall–Kier alpha value is 0.638. The molecule has 1 aliphatic carbocycles. The average molecular weight is 388 g/mol. The van der Waals surface area contributed by atoms with Gasteiger partial charge in [0.2, 0.25) is 0 Å². The van der Waals surface area contributed by atoms with E-state index in [0.29, 0.717) is 5.92 Å². The Morgan fingerprint density at radius 1 is 1.54 bits per heavy atom. The fraction of sp³-hybridized carbons (Fsp3) is 0.667. The van der Waals surface area contributed by atoms with Crippen LogP contribution in [0.2, 0.25) is 0 Å². The molecule has 4 heteroatoms. The van der Waals surface area contributed by atoms with Gasteiger partial charge in [0.1, 0.15) is 0 Å². The number of hydrogen-bond acceptors (Lipinski definition) is 2. The second-order valence-electron chi connectivity index (χ2n) is 2.47. The molecule has 0 aromatic carbocycles. The minimum atomic E-state index is 0.263. The zero-order valence-electron chi connectivity index (χ0n) is 7.98. The maximum absolute atomic E-state index is 7.00. The van der Waals surface area contributed by atoms with Crippen molar-refractivity contribution in [1.29, 1.82) is 0 Å². The van der Waals surface area contributed by atoms with Crippen molar-refractivity contribution in [2.45, 2.75) is 18.9 Å². The van der Waals surface area contributed by atoms with E-state index in [4.69, 9.17) is 9.84 Å². The molecule has 1 N–H and O–H groups in total. The minimum absolute atomic E-state index is 0.263. The molecule has 1 aliphatic rings. The van der Waals surface area contributed by atoms with Crippen LogP contribution in [0.4, 0.5) is 0 Å². The number of hydrogen-bond donors (Lipinski definition) is 1. The van der Waals surface area contributed by atoms with Gasteiger partial charge in [-0.05, 0) is 6.42 Å². The second kappa shape index (κ2) is 12.6. The van der Waals surface area contributed by atoms with Gasteiger partial charge in [0.15, 0.2) is 0 Å². The first-order valence-corrected chi connectivity index (χ1v) is 6.75. The van der Waals surface area contributed by atoms with Gasteiger partial charge < -0.3 is 16.8 Å². The van der Waals surface area contributed by atoms with Crippen LogP contribution in [0.3, 0.4) is 0 Å². The summed E-state index contributed by atoms with van der Waals surface area (Å²) < 4.78 is 5.15. The molecule has 0 unspecified atom stereocenters. The molecule has 0 radical (unpaired) electrons. The Morgan fingerprint density at radius 3 is 2.38 bits per heavy atom. The summed E-state index contributed by atoms with van der Waals surface area (Å²) in [6, 6.07) is 0. The van der Waals surface area contributed by atoms with Crippen molar-refractivity contribution in [3.8, 4) is 0 Å². The average Bonchev–Trinajstić information content (AvgIpc) is 2.24. The monoisotopic (exact) mass is 387 g/mol. The molecule has 0 aliphatic heterocycles. The van der Waals surface area contributed by atoms with Crippen molar-refractivity contribution < 1.29 is 28.6 Å². The van der Waals surface area contributed by atoms with Crippen LogP contribution in [0.1, 0.15) is 12.8 Å². The van der Waals surface area contributed by atoms with E-state index in [0.717, 1.165) is 20.0 Å². The molecule has 0 aromatic heterocycles. The molecule has 82 valence electrons. The third-order valence-electron chi connectivity index (χ3n) is 1.77. The van der Waals surface area contributed by atoms with Crippen LogP contribution in [0.25, 0.3) is 0 Å². The van der Waals surface area contributed by atoms with Gasteiger partial charge in [-0.15, -0.1) is 5.92 Å². The number of ether oxygens (including phenoxy) is 1. The molecule has 0 saturated carbocycles. The van der Waals surface area contributed by atoms with Gasteiger partial charge in [0, 0.05) is 14.2 Å². The molecule has 0 bridgehead atoms. The number of methoxy groups -OCH3 is 1. The van der Waals surface area contributed by atoms with Gasteiger partial charge in [0.05, 0.1) is 6.10 Å². The predicted molar refractivity (Wildman–Crippen MR) is 52.0 cm³/mol. The third kappa shape index (κ3) is 7.69. The fourth-order valence-corrected chi connectivity index (χ4v) is 1.13. The van der Waals surface area contributed by atoms with E-state index in [2.05, 4.69) is 28.5 Å². The Balaban J connectivity index is 0. The quantitative estimate of drug-likeness (QED) is 0.551. The van der Waals surface area contributed by atoms with Crippen molar-refractivity contribution in [3.63, 3.8) is 0 Å². The zero-order chi connectivity index (χ0) is 10.7. The number of aliphatic hydroxyl groups excluding tert-OH is 1. The Labute approximate surface area is 96.1 Å². The molecule has 0 heterocycles. The summed E-state index contributed by atoms with van der Waals surface area (Å²) in [6.07, 6.45) is 6.85. The van der Waals surface area contributed by atoms with Crippen LogP contribution in [0, 0.1) is 12.8 Å². The summed E-state index contributed by atoms with van der Waals surface area (Å²) in [4.78, 5) is 0. The molecule has 0 spiro atoms. The fourth-order valence-electron chi connectivity index (χ4n) is 1.13. The van der Waals surface area contributed by atoms with E-state index in [1.165, 1.54) is 0 Å². The van der Waals surface area contributed by atoms with Crippen molar-refractivity contribution in [2.75, 3.05) is 14.2 Å². The first-order chi connectivity index (χ1) is 6.34. The zero-order valence-corrected chi connectivity index (χ0v) is 11.0. The van der Waals surface area contributed by atoms with Gasteiger partial charge >= 0.3 is 28.2 Å². The van der Waals surface area contributed by atoms with E-state index < -0.39 is 0 Å². The van der Waals surface area contributed by atoms with E-state index in [1.807, 2.05) is 0 Å². The van der Waals surface area contributed by atoms with Crippen LogP contribution >= 0.6 is 9.42 Å². The van der Waals surface area contributed by atoms with Crippen LogP contribution in [-0.2, 0) is 23.5 Å². The standard InChI is InChI=1S/C8H13O.CH4O.ClH.Pt/c1-7-5-3-4-6-8(7)9-2;1-2;;/h4,6-8H,1,3,5H2,2H3;2H,1H3;1H;/q-1;;;+2/p-1/t7-,8-;;;/m0.../s1. The second-order valence-corrected chi connectivity index (χ2v) is 2.47. The van der Waals surface area contributed by atoms with E-state index >= 15 is 0 Å². The van der Waals surface area contributed by atoms with Gasteiger partial charge in [-0.2, -0.15) is 0 Å². The van der Waals surface area contributed by atoms with E-state index in [1.54, 1.807) is 25.9 Å². The number of rotatable bonds is 1. The first-order valence-electron chi connectivity index (χ1n) is 3.94. The first kappa shape index (κ1) is 16.1. The third-order valence-corrected chi connectivity index (χ3v) is 1.77. The van der Waals surface area contributed by atoms with Gasteiger partial charge in [-0.1, -0.05) is 18.6 Å². The molecular weight excluding hydrogens is 371 g/mol. The van der Waals surface area contributed by atoms with Gasteiger partial charge in [-0.3, -0.25) is 0 Å². The van der Waals surface area contributed by atoms with Crippen molar-refractivity contribution in [3.05, 3.63) is 19.1 Å². The summed E-state index contributed by atoms with van der Waals surface area (Å²) in [6.45, 7) is 3.97. The summed E-state index contributed by atoms with van der Waals surface area (Å²) in [5, 5.41) is 7.00. The summed E-state index contributed by atoms with van der Waals surface area (Å²) in [5.41, 5.74) is 0. The van der Waals surface area contributed by atoms with E-state index in [-0.39, 0.29) is 6.10 Å². The maximum atomic E-state index is 7.00. The number of aliphatic hydroxyl groups is 1. The molecule has 0 aromatic rings. The van der Waals surface area contributed by atoms with Crippen molar-refractivity contribution in [2.24, 2.45) is 5.92 Å². The number of halogens is 1.